The minimum absolute atomic E-state index is 0.307. The normalized spacial score (nSPS) is 12.6. The van der Waals surface area contributed by atoms with Gasteiger partial charge in [0.05, 0.1) is 6.04 Å². The van der Waals surface area contributed by atoms with Gasteiger partial charge in [-0.05, 0) is 48.5 Å². The van der Waals surface area contributed by atoms with Crippen molar-refractivity contribution in [3.63, 3.8) is 0 Å². The molecule has 1 atom stereocenters. The molecule has 1 nitrogen and oxygen atoms in total. The van der Waals surface area contributed by atoms with E-state index < -0.39 is 0 Å². The molecule has 0 fully saturated rings. The van der Waals surface area contributed by atoms with E-state index in [1.165, 1.54) is 20.5 Å². The number of halogens is 1. The molecule has 0 spiro atoms. The number of rotatable bonds is 5. The highest BCUT2D eigenvalue weighted by molar-refractivity contribution is 9.10. The molecular weight excluding hydrogens is 306 g/mol. The summed E-state index contributed by atoms with van der Waals surface area (Å²) in [4.78, 5) is 1.37. The molecule has 1 heterocycles. The van der Waals surface area contributed by atoms with Gasteiger partial charge in [-0.25, -0.2) is 0 Å². The summed E-state index contributed by atoms with van der Waals surface area (Å²) in [6, 6.07) is 11.2. The van der Waals surface area contributed by atoms with Crippen LogP contribution >= 0.6 is 27.3 Å². The Labute approximate surface area is 121 Å². The smallest absolute Gasteiger partial charge is 0.0671 e. The van der Waals surface area contributed by atoms with Crippen LogP contribution in [-0.4, -0.2) is 6.54 Å². The molecule has 0 amide bonds. The van der Waals surface area contributed by atoms with E-state index in [1.807, 2.05) is 11.3 Å². The monoisotopic (exact) mass is 323 g/mol. The van der Waals surface area contributed by atoms with Gasteiger partial charge in [0.2, 0.25) is 0 Å². The first-order valence-corrected chi connectivity index (χ1v) is 7.92. The van der Waals surface area contributed by atoms with Crippen LogP contribution in [0.15, 0.2) is 40.2 Å². The molecule has 2 aromatic rings. The Hall–Kier alpha value is -0.640. The summed E-state index contributed by atoms with van der Waals surface area (Å²) in [5, 5.41) is 5.76. The number of benzene rings is 1. The van der Waals surface area contributed by atoms with Gasteiger partial charge in [0.15, 0.2) is 0 Å². The first kappa shape index (κ1) is 13.8. The highest BCUT2D eigenvalue weighted by atomic mass is 79.9. The van der Waals surface area contributed by atoms with E-state index in [1.54, 1.807) is 0 Å². The van der Waals surface area contributed by atoms with Crippen LogP contribution in [0, 0.1) is 6.92 Å². The molecular formula is C15H18BrNS. The summed E-state index contributed by atoms with van der Waals surface area (Å²) in [5.41, 5.74) is 2.60. The molecule has 0 aliphatic heterocycles. The van der Waals surface area contributed by atoms with E-state index in [2.05, 4.69) is 70.8 Å². The van der Waals surface area contributed by atoms with Crippen molar-refractivity contribution in [2.75, 3.05) is 6.54 Å². The summed E-state index contributed by atoms with van der Waals surface area (Å²) in [5.74, 6) is 0. The van der Waals surface area contributed by atoms with E-state index in [4.69, 9.17) is 0 Å². The van der Waals surface area contributed by atoms with Crippen molar-refractivity contribution >= 4 is 27.3 Å². The lowest BCUT2D eigenvalue weighted by molar-refractivity contribution is 0.605. The van der Waals surface area contributed by atoms with Gasteiger partial charge in [-0.15, -0.1) is 11.3 Å². The lowest BCUT2D eigenvalue weighted by Crippen LogP contribution is -2.22. The molecule has 0 saturated carbocycles. The number of hydrogen-bond acceptors (Lipinski definition) is 2. The highest BCUT2D eigenvalue weighted by Crippen LogP contribution is 2.29. The Balaban J connectivity index is 2.30. The third kappa shape index (κ3) is 3.22. The maximum Gasteiger partial charge on any atom is 0.0671 e. The van der Waals surface area contributed by atoms with E-state index in [0.29, 0.717) is 6.04 Å². The molecule has 2 rings (SSSR count). The van der Waals surface area contributed by atoms with Gasteiger partial charge in [0, 0.05) is 9.35 Å². The quantitative estimate of drug-likeness (QED) is 0.824. The average Bonchev–Trinajstić information content (AvgIpc) is 2.88. The Bertz CT molecular complexity index is 493. The van der Waals surface area contributed by atoms with Gasteiger partial charge in [0.1, 0.15) is 0 Å². The van der Waals surface area contributed by atoms with Crippen molar-refractivity contribution in [3.8, 4) is 0 Å². The molecule has 1 N–H and O–H groups in total. The van der Waals surface area contributed by atoms with Gasteiger partial charge in [0.25, 0.3) is 0 Å². The fraction of sp³-hybridized carbons (Fsp3) is 0.333. The van der Waals surface area contributed by atoms with Crippen molar-refractivity contribution in [2.24, 2.45) is 0 Å². The van der Waals surface area contributed by atoms with Crippen molar-refractivity contribution < 1.29 is 0 Å². The molecule has 1 aromatic carbocycles. The van der Waals surface area contributed by atoms with Crippen LogP contribution < -0.4 is 5.32 Å². The third-order valence-electron chi connectivity index (χ3n) is 2.96. The van der Waals surface area contributed by atoms with E-state index >= 15 is 0 Å². The zero-order valence-electron chi connectivity index (χ0n) is 10.7. The lowest BCUT2D eigenvalue weighted by atomic mass is 10.0. The van der Waals surface area contributed by atoms with Gasteiger partial charge < -0.3 is 5.32 Å². The van der Waals surface area contributed by atoms with Gasteiger partial charge >= 0.3 is 0 Å². The van der Waals surface area contributed by atoms with Crippen molar-refractivity contribution in [3.05, 3.63) is 56.2 Å². The SMILES string of the molecule is CCCNC(c1ccc(C)c(Br)c1)c1cccs1. The average molecular weight is 324 g/mol. The Kier molecular flexibility index (Phi) is 4.98. The third-order valence-corrected chi connectivity index (χ3v) is 4.75. The van der Waals surface area contributed by atoms with Gasteiger partial charge in [-0.2, -0.15) is 0 Å². The van der Waals surface area contributed by atoms with Crippen molar-refractivity contribution in [2.45, 2.75) is 26.3 Å². The second kappa shape index (κ2) is 6.50. The molecule has 0 bridgehead atoms. The van der Waals surface area contributed by atoms with Crippen molar-refractivity contribution in [1.82, 2.24) is 5.32 Å². The Morgan fingerprint density at radius 1 is 1.33 bits per heavy atom. The van der Waals surface area contributed by atoms with Crippen molar-refractivity contribution in [1.29, 1.82) is 0 Å². The fourth-order valence-corrected chi connectivity index (χ4v) is 3.14. The summed E-state index contributed by atoms with van der Waals surface area (Å²) >= 11 is 5.43. The minimum atomic E-state index is 0.307. The van der Waals surface area contributed by atoms with Gasteiger partial charge in [-0.3, -0.25) is 0 Å². The maximum absolute atomic E-state index is 3.62. The van der Waals surface area contributed by atoms with Crippen LogP contribution in [0.5, 0.6) is 0 Å². The summed E-state index contributed by atoms with van der Waals surface area (Å²) < 4.78 is 1.18. The number of nitrogens with one attached hydrogen (secondary N) is 1. The molecule has 0 saturated heterocycles. The predicted octanol–water partition coefficient (Wildman–Crippen LogP) is 4.91. The van der Waals surface area contributed by atoms with E-state index in [9.17, 15) is 0 Å². The standard InChI is InChI=1S/C15H18BrNS/c1-3-8-17-15(14-5-4-9-18-14)12-7-6-11(2)13(16)10-12/h4-7,9-10,15,17H,3,8H2,1-2H3. The Morgan fingerprint density at radius 2 is 2.17 bits per heavy atom. The highest BCUT2D eigenvalue weighted by Gasteiger charge is 2.14. The molecule has 0 aliphatic carbocycles. The molecule has 96 valence electrons. The maximum atomic E-state index is 3.62. The molecule has 18 heavy (non-hydrogen) atoms. The molecule has 0 radical (unpaired) electrons. The van der Waals surface area contributed by atoms with Gasteiger partial charge in [-0.1, -0.05) is 41.1 Å². The fourth-order valence-electron chi connectivity index (χ4n) is 1.92. The lowest BCUT2D eigenvalue weighted by Gasteiger charge is -2.18. The zero-order chi connectivity index (χ0) is 13.0. The minimum Gasteiger partial charge on any atom is -0.306 e. The molecule has 1 unspecified atom stereocenters. The van der Waals surface area contributed by atoms with Crippen LogP contribution in [0.3, 0.4) is 0 Å². The topological polar surface area (TPSA) is 12.0 Å². The van der Waals surface area contributed by atoms with E-state index in [-0.39, 0.29) is 0 Å². The summed E-state index contributed by atoms with van der Waals surface area (Å²) in [6.07, 6.45) is 1.15. The second-order valence-corrected chi connectivity index (χ2v) is 6.24. The van der Waals surface area contributed by atoms with Crippen LogP contribution in [0.2, 0.25) is 0 Å². The first-order valence-electron chi connectivity index (χ1n) is 6.25. The van der Waals surface area contributed by atoms with Crippen LogP contribution in [0.1, 0.15) is 35.4 Å². The molecule has 0 aliphatic rings. The number of thiophene rings is 1. The van der Waals surface area contributed by atoms with E-state index in [0.717, 1.165) is 13.0 Å². The number of hydrogen-bond donors (Lipinski definition) is 1. The van der Waals surface area contributed by atoms with Crippen LogP contribution in [-0.2, 0) is 0 Å². The van der Waals surface area contributed by atoms with Crippen LogP contribution in [0.25, 0.3) is 0 Å². The predicted molar refractivity (Wildman–Crippen MR) is 83.3 cm³/mol. The summed E-state index contributed by atoms with van der Waals surface area (Å²) in [6.45, 7) is 5.35. The second-order valence-electron chi connectivity index (χ2n) is 4.41. The largest absolute Gasteiger partial charge is 0.306 e. The summed E-state index contributed by atoms with van der Waals surface area (Å²) in [7, 11) is 0. The Morgan fingerprint density at radius 3 is 2.78 bits per heavy atom. The molecule has 3 heteroatoms. The van der Waals surface area contributed by atoms with Crippen LogP contribution in [0.4, 0.5) is 0 Å². The zero-order valence-corrected chi connectivity index (χ0v) is 13.1. The first-order chi connectivity index (χ1) is 8.72. The number of aryl methyl sites for hydroxylation is 1. The molecule has 1 aromatic heterocycles.